The highest BCUT2D eigenvalue weighted by Gasteiger charge is 2.02. The number of nitrogens with one attached hydrogen (secondary N) is 2. The standard InChI is InChI=1S/C13H28N2O.C3H6O2/c1-11(2)10-13(16)15-9-7-5-6-8-14-12(3)4;1-2-3(4)5/h11-12,14H,5-10H2,1-4H3,(H,15,16);2H2,1H3,(H,4,5). The van der Waals surface area contributed by atoms with E-state index in [1.165, 1.54) is 12.8 Å². The summed E-state index contributed by atoms with van der Waals surface area (Å²) in [7, 11) is 0. The minimum atomic E-state index is -0.745. The van der Waals surface area contributed by atoms with Gasteiger partial charge in [-0.15, -0.1) is 0 Å². The molecule has 0 aromatic heterocycles. The smallest absolute Gasteiger partial charge is 0.303 e. The third-order valence-electron chi connectivity index (χ3n) is 2.62. The summed E-state index contributed by atoms with van der Waals surface area (Å²) in [6, 6.07) is 0.575. The van der Waals surface area contributed by atoms with Crippen molar-refractivity contribution in [2.24, 2.45) is 5.92 Å². The molecule has 5 nitrogen and oxygen atoms in total. The van der Waals surface area contributed by atoms with Crippen LogP contribution in [0.15, 0.2) is 0 Å². The molecule has 0 bridgehead atoms. The number of carboxylic acids is 1. The van der Waals surface area contributed by atoms with Gasteiger partial charge in [0.15, 0.2) is 0 Å². The van der Waals surface area contributed by atoms with Gasteiger partial charge in [0.25, 0.3) is 0 Å². The summed E-state index contributed by atoms with van der Waals surface area (Å²) in [6.07, 6.45) is 4.33. The van der Waals surface area contributed by atoms with Crippen LogP contribution in [-0.2, 0) is 9.59 Å². The SMILES string of the molecule is CC(C)CC(=O)NCCCCCNC(C)C.CCC(=O)O. The summed E-state index contributed by atoms with van der Waals surface area (Å²) < 4.78 is 0. The van der Waals surface area contributed by atoms with E-state index in [9.17, 15) is 9.59 Å². The highest BCUT2D eigenvalue weighted by atomic mass is 16.4. The van der Waals surface area contributed by atoms with Crippen LogP contribution in [0.4, 0.5) is 0 Å². The Bertz CT molecular complexity index is 266. The quantitative estimate of drug-likeness (QED) is 0.542. The van der Waals surface area contributed by atoms with E-state index in [1.807, 2.05) is 0 Å². The van der Waals surface area contributed by atoms with Crippen LogP contribution in [0.3, 0.4) is 0 Å². The molecule has 0 aromatic rings. The number of unbranched alkanes of at least 4 members (excludes halogenated alkanes) is 2. The fourth-order valence-electron chi connectivity index (χ4n) is 1.49. The molecule has 0 atom stereocenters. The predicted octanol–water partition coefficient (Wildman–Crippen LogP) is 2.80. The molecule has 21 heavy (non-hydrogen) atoms. The molecule has 0 heterocycles. The van der Waals surface area contributed by atoms with Gasteiger partial charge in [-0.05, 0) is 25.3 Å². The zero-order chi connectivity index (χ0) is 16.7. The van der Waals surface area contributed by atoms with Crippen molar-refractivity contribution >= 4 is 11.9 Å². The lowest BCUT2D eigenvalue weighted by atomic mass is 10.1. The number of hydrogen-bond acceptors (Lipinski definition) is 3. The summed E-state index contributed by atoms with van der Waals surface area (Å²) in [5.74, 6) is -0.101. The summed E-state index contributed by atoms with van der Waals surface area (Å²) in [5, 5.41) is 14.1. The molecule has 1 amide bonds. The lowest BCUT2D eigenvalue weighted by molar-refractivity contribution is -0.136. The van der Waals surface area contributed by atoms with Crippen molar-refractivity contribution in [2.75, 3.05) is 13.1 Å². The predicted molar refractivity (Wildman–Crippen MR) is 87.4 cm³/mol. The number of rotatable bonds is 10. The summed E-state index contributed by atoms with van der Waals surface area (Å²) >= 11 is 0. The van der Waals surface area contributed by atoms with Crippen LogP contribution in [0.25, 0.3) is 0 Å². The maximum atomic E-state index is 11.3. The van der Waals surface area contributed by atoms with E-state index >= 15 is 0 Å². The van der Waals surface area contributed by atoms with Gasteiger partial charge in [0.05, 0.1) is 0 Å². The number of carbonyl (C=O) groups excluding carboxylic acids is 1. The van der Waals surface area contributed by atoms with Gasteiger partial charge in [0.2, 0.25) is 5.91 Å². The molecule has 0 rings (SSSR count). The third kappa shape index (κ3) is 24.3. The number of aliphatic carboxylic acids is 1. The Labute approximate surface area is 129 Å². The largest absolute Gasteiger partial charge is 0.481 e. The van der Waals surface area contributed by atoms with Crippen molar-refractivity contribution < 1.29 is 14.7 Å². The fourth-order valence-corrected chi connectivity index (χ4v) is 1.49. The molecular formula is C16H34N2O3. The van der Waals surface area contributed by atoms with Gasteiger partial charge in [-0.3, -0.25) is 9.59 Å². The molecule has 0 aliphatic heterocycles. The monoisotopic (exact) mass is 302 g/mol. The Morgan fingerprint density at radius 1 is 1.00 bits per heavy atom. The van der Waals surface area contributed by atoms with Gasteiger partial charge >= 0.3 is 5.97 Å². The van der Waals surface area contributed by atoms with Crippen molar-refractivity contribution in [1.82, 2.24) is 10.6 Å². The normalized spacial score (nSPS) is 10.2. The Morgan fingerprint density at radius 2 is 1.52 bits per heavy atom. The zero-order valence-corrected chi connectivity index (χ0v) is 14.4. The summed E-state index contributed by atoms with van der Waals surface area (Å²) in [6.45, 7) is 12.0. The van der Waals surface area contributed by atoms with Crippen LogP contribution in [0.5, 0.6) is 0 Å². The number of carboxylic acid groups (broad SMARTS) is 1. The maximum absolute atomic E-state index is 11.3. The molecule has 0 fully saturated rings. The maximum Gasteiger partial charge on any atom is 0.303 e. The molecule has 0 spiro atoms. The summed E-state index contributed by atoms with van der Waals surface area (Å²) in [4.78, 5) is 20.7. The first-order valence-corrected chi connectivity index (χ1v) is 8.01. The lowest BCUT2D eigenvalue weighted by Gasteiger charge is -2.08. The highest BCUT2D eigenvalue weighted by Crippen LogP contribution is 1.99. The van der Waals surface area contributed by atoms with Gasteiger partial charge in [-0.2, -0.15) is 0 Å². The Kier molecular flexibility index (Phi) is 16.2. The molecule has 0 aromatic carbocycles. The van der Waals surface area contributed by atoms with Crippen molar-refractivity contribution in [3.05, 3.63) is 0 Å². The Morgan fingerprint density at radius 3 is 1.95 bits per heavy atom. The van der Waals surface area contributed by atoms with E-state index in [0.717, 1.165) is 19.5 Å². The molecule has 5 heteroatoms. The number of carbonyl (C=O) groups is 2. The molecule has 0 aliphatic carbocycles. The minimum absolute atomic E-state index is 0.190. The van der Waals surface area contributed by atoms with E-state index in [4.69, 9.17) is 5.11 Å². The second kappa shape index (κ2) is 15.3. The van der Waals surface area contributed by atoms with Gasteiger partial charge in [0, 0.05) is 25.4 Å². The van der Waals surface area contributed by atoms with Gasteiger partial charge in [-0.25, -0.2) is 0 Å². The average Bonchev–Trinajstić information content (AvgIpc) is 2.37. The topological polar surface area (TPSA) is 78.4 Å². The van der Waals surface area contributed by atoms with Crippen LogP contribution in [0, 0.1) is 5.92 Å². The van der Waals surface area contributed by atoms with Crippen LogP contribution in [-0.4, -0.2) is 36.1 Å². The van der Waals surface area contributed by atoms with E-state index in [0.29, 0.717) is 18.4 Å². The first-order valence-electron chi connectivity index (χ1n) is 8.01. The minimum Gasteiger partial charge on any atom is -0.481 e. The molecule has 0 unspecified atom stereocenters. The van der Waals surface area contributed by atoms with Crippen molar-refractivity contribution in [3.8, 4) is 0 Å². The van der Waals surface area contributed by atoms with E-state index in [1.54, 1.807) is 6.92 Å². The molecule has 0 aliphatic rings. The number of amides is 1. The van der Waals surface area contributed by atoms with E-state index in [2.05, 4.69) is 38.3 Å². The zero-order valence-electron chi connectivity index (χ0n) is 14.4. The number of hydrogen-bond donors (Lipinski definition) is 3. The molecule has 0 saturated carbocycles. The lowest BCUT2D eigenvalue weighted by Crippen LogP contribution is -2.26. The van der Waals surface area contributed by atoms with Crippen molar-refractivity contribution in [2.45, 2.75) is 72.8 Å². The van der Waals surface area contributed by atoms with Gasteiger partial charge in [0.1, 0.15) is 0 Å². The molecule has 126 valence electrons. The third-order valence-corrected chi connectivity index (χ3v) is 2.62. The van der Waals surface area contributed by atoms with Gasteiger partial charge < -0.3 is 15.7 Å². The first kappa shape index (κ1) is 22.2. The second-order valence-corrected chi connectivity index (χ2v) is 5.86. The van der Waals surface area contributed by atoms with Crippen LogP contribution in [0.1, 0.15) is 66.7 Å². The van der Waals surface area contributed by atoms with E-state index in [-0.39, 0.29) is 12.3 Å². The molecule has 0 radical (unpaired) electrons. The first-order chi connectivity index (χ1) is 9.79. The van der Waals surface area contributed by atoms with Crippen molar-refractivity contribution in [3.63, 3.8) is 0 Å². The highest BCUT2D eigenvalue weighted by molar-refractivity contribution is 5.75. The summed E-state index contributed by atoms with van der Waals surface area (Å²) in [5.41, 5.74) is 0. The van der Waals surface area contributed by atoms with Crippen molar-refractivity contribution in [1.29, 1.82) is 0 Å². The van der Waals surface area contributed by atoms with Crippen LogP contribution >= 0.6 is 0 Å². The van der Waals surface area contributed by atoms with Gasteiger partial charge in [-0.1, -0.05) is 41.0 Å². The second-order valence-electron chi connectivity index (χ2n) is 5.86. The van der Waals surface area contributed by atoms with Crippen LogP contribution in [0.2, 0.25) is 0 Å². The Hall–Kier alpha value is -1.10. The average molecular weight is 302 g/mol. The molecule has 3 N–H and O–H groups in total. The fraction of sp³-hybridized carbons (Fsp3) is 0.875. The molecular weight excluding hydrogens is 268 g/mol. The Balaban J connectivity index is 0. The molecule has 0 saturated heterocycles. The van der Waals surface area contributed by atoms with Crippen LogP contribution < -0.4 is 10.6 Å². The van der Waals surface area contributed by atoms with E-state index < -0.39 is 5.97 Å².